The summed E-state index contributed by atoms with van der Waals surface area (Å²) >= 11 is 5.60. The summed E-state index contributed by atoms with van der Waals surface area (Å²) in [4.78, 5) is 4.50. The molecule has 0 radical (unpaired) electrons. The van der Waals surface area contributed by atoms with Crippen LogP contribution in [0, 0.1) is 0 Å². The van der Waals surface area contributed by atoms with Gasteiger partial charge in [0.05, 0.1) is 31.3 Å². The fourth-order valence-electron chi connectivity index (χ4n) is 2.42. The normalized spacial score (nSPS) is 20.9. The Morgan fingerprint density at radius 1 is 1.00 bits per heavy atom. The monoisotopic (exact) mass is 324 g/mol. The lowest BCUT2D eigenvalue weighted by atomic mass is 10.3. The van der Waals surface area contributed by atoms with Gasteiger partial charge < -0.3 is 19.3 Å². The molecule has 2 fully saturated rings. The number of alkyl halides is 1. The Balaban J connectivity index is 2.34. The van der Waals surface area contributed by atoms with Crippen molar-refractivity contribution in [2.45, 2.75) is 6.92 Å². The Kier molecular flexibility index (Phi) is 5.54. The van der Waals surface area contributed by atoms with E-state index in [4.69, 9.17) is 21.1 Å². The minimum absolute atomic E-state index is 0.344. The summed E-state index contributed by atoms with van der Waals surface area (Å²) in [5.74, 6) is 0.761. The molecule has 0 spiro atoms. The molecule has 0 N–H and O–H groups in total. The summed E-state index contributed by atoms with van der Waals surface area (Å²) in [5.41, 5.74) is 0. The lowest BCUT2D eigenvalue weighted by molar-refractivity contribution is 0.00811. The van der Waals surface area contributed by atoms with Crippen LogP contribution in [-0.2, 0) is 19.3 Å². The molecule has 8 heteroatoms. The van der Waals surface area contributed by atoms with Crippen LogP contribution in [0.25, 0.3) is 0 Å². The summed E-state index contributed by atoms with van der Waals surface area (Å²) in [6, 6.07) is 0. The van der Waals surface area contributed by atoms with E-state index in [-0.39, 0.29) is 0 Å². The van der Waals surface area contributed by atoms with Crippen molar-refractivity contribution in [2.24, 2.45) is 0 Å². The van der Waals surface area contributed by atoms with E-state index in [0.717, 1.165) is 5.82 Å². The highest BCUT2D eigenvalue weighted by Gasteiger charge is 2.28. The first-order valence-electron chi connectivity index (χ1n) is 6.71. The highest BCUT2D eigenvalue weighted by molar-refractivity contribution is 7.96. The zero-order valence-corrected chi connectivity index (χ0v) is 13.3. The van der Waals surface area contributed by atoms with Crippen LogP contribution >= 0.6 is 11.6 Å². The van der Waals surface area contributed by atoms with E-state index in [0.29, 0.717) is 57.5 Å². The van der Waals surface area contributed by atoms with Gasteiger partial charge in [-0.2, -0.15) is 0 Å². The molecule has 2 saturated heterocycles. The molecule has 0 aromatic heterocycles. The second-order valence-corrected chi connectivity index (χ2v) is 7.52. The number of nitrogens with zero attached hydrogens (tertiary/aromatic N) is 2. The molecule has 6 nitrogen and oxygen atoms in total. The summed E-state index contributed by atoms with van der Waals surface area (Å²) in [6.45, 7) is 6.87. The van der Waals surface area contributed by atoms with Crippen molar-refractivity contribution in [1.29, 1.82) is 0 Å². The van der Waals surface area contributed by atoms with Gasteiger partial charge in [0.25, 0.3) is 0 Å². The Bertz CT molecular complexity index is 434. The maximum atomic E-state index is 12.1. The van der Waals surface area contributed by atoms with Crippen molar-refractivity contribution in [1.82, 2.24) is 9.80 Å². The van der Waals surface area contributed by atoms with Gasteiger partial charge in [-0.25, -0.2) is 8.42 Å². The van der Waals surface area contributed by atoms with Gasteiger partial charge in [0, 0.05) is 26.2 Å². The molecule has 0 amide bonds. The second kappa shape index (κ2) is 6.98. The molecule has 0 aromatic carbocycles. The zero-order chi connectivity index (χ0) is 14.6. The van der Waals surface area contributed by atoms with E-state index >= 15 is 0 Å². The smallest absolute Gasteiger partial charge is 0.191 e. The lowest BCUT2D eigenvalue weighted by Crippen LogP contribution is -2.47. The predicted octanol–water partition coefficient (Wildman–Crippen LogP) is 0.451. The molecule has 2 aliphatic heterocycles. The second-order valence-electron chi connectivity index (χ2n) is 4.80. The van der Waals surface area contributed by atoms with Gasteiger partial charge in [-0.3, -0.25) is 0 Å². The molecule has 2 heterocycles. The fourth-order valence-corrected chi connectivity index (χ4v) is 3.61. The minimum atomic E-state index is -3.42. The van der Waals surface area contributed by atoms with Crippen LogP contribution in [0.3, 0.4) is 0 Å². The third-order valence-corrected chi connectivity index (χ3v) is 5.81. The van der Waals surface area contributed by atoms with Crippen LogP contribution < -0.4 is 0 Å². The maximum absolute atomic E-state index is 12.1. The number of hydrogen-bond donors (Lipinski definition) is 0. The molecule has 2 rings (SSSR count). The minimum Gasteiger partial charge on any atom is -0.378 e. The van der Waals surface area contributed by atoms with Crippen molar-refractivity contribution in [3.8, 4) is 0 Å². The van der Waals surface area contributed by atoms with Gasteiger partial charge in [0.1, 0.15) is 11.0 Å². The molecule has 0 atom stereocenters. The van der Waals surface area contributed by atoms with Crippen molar-refractivity contribution < 1.29 is 17.9 Å². The number of allylic oxidation sites excluding steroid dienone is 1. The van der Waals surface area contributed by atoms with Gasteiger partial charge in [0.2, 0.25) is 0 Å². The predicted molar refractivity (Wildman–Crippen MR) is 77.1 cm³/mol. The first-order valence-corrected chi connectivity index (χ1v) is 8.90. The SMILES string of the molecule is CC(=C(N1CCOCC1)N1CCOCC1)S(=O)(=O)CCl. The van der Waals surface area contributed by atoms with Gasteiger partial charge in [-0.05, 0) is 6.92 Å². The average molecular weight is 325 g/mol. The first-order chi connectivity index (χ1) is 9.56. The molecule has 0 unspecified atom stereocenters. The first kappa shape index (κ1) is 15.9. The summed E-state index contributed by atoms with van der Waals surface area (Å²) in [6.07, 6.45) is 0. The van der Waals surface area contributed by atoms with E-state index in [1.807, 2.05) is 0 Å². The number of rotatable bonds is 4. The summed E-state index contributed by atoms with van der Waals surface area (Å²) in [5, 5.41) is -0.392. The standard InChI is InChI=1S/C12H21ClN2O4S/c1-11(20(16,17)10-13)12(14-2-6-18-7-3-14)15-4-8-19-9-5-15/h2-10H2,1H3. The van der Waals surface area contributed by atoms with Crippen LogP contribution in [0.2, 0.25) is 0 Å². The van der Waals surface area contributed by atoms with Crippen LogP contribution in [0.1, 0.15) is 6.92 Å². The number of morpholine rings is 2. The van der Waals surface area contributed by atoms with Gasteiger partial charge in [0.15, 0.2) is 9.84 Å². The Morgan fingerprint density at radius 3 is 1.75 bits per heavy atom. The summed E-state index contributed by atoms with van der Waals surface area (Å²) in [7, 11) is -3.42. The zero-order valence-electron chi connectivity index (χ0n) is 11.7. The van der Waals surface area contributed by atoms with Crippen molar-refractivity contribution in [3.63, 3.8) is 0 Å². The average Bonchev–Trinajstić information content (AvgIpc) is 2.49. The van der Waals surface area contributed by atoms with Gasteiger partial charge in [-0.1, -0.05) is 0 Å². The van der Waals surface area contributed by atoms with Crippen LogP contribution in [0.5, 0.6) is 0 Å². The van der Waals surface area contributed by atoms with Crippen LogP contribution in [0.4, 0.5) is 0 Å². The third kappa shape index (κ3) is 3.58. The number of sulfone groups is 1. The molecule has 0 bridgehead atoms. The van der Waals surface area contributed by atoms with Gasteiger partial charge in [-0.15, -0.1) is 11.6 Å². The molecule has 2 aliphatic rings. The highest BCUT2D eigenvalue weighted by atomic mass is 35.5. The molecular formula is C12H21ClN2O4S. The van der Waals surface area contributed by atoms with Crippen molar-refractivity contribution in [3.05, 3.63) is 10.7 Å². The van der Waals surface area contributed by atoms with Crippen molar-refractivity contribution in [2.75, 3.05) is 57.8 Å². The third-order valence-electron chi connectivity index (χ3n) is 3.55. The topological polar surface area (TPSA) is 59.1 Å². The van der Waals surface area contributed by atoms with E-state index in [2.05, 4.69) is 9.80 Å². The van der Waals surface area contributed by atoms with Crippen LogP contribution in [-0.4, -0.2) is 76.0 Å². The largest absolute Gasteiger partial charge is 0.378 e. The van der Waals surface area contributed by atoms with E-state index in [9.17, 15) is 8.42 Å². The molecule has 116 valence electrons. The number of halogens is 1. The Hall–Kier alpha value is -0.500. The fraction of sp³-hybridized carbons (Fsp3) is 0.833. The Morgan fingerprint density at radius 2 is 1.40 bits per heavy atom. The highest BCUT2D eigenvalue weighted by Crippen LogP contribution is 2.23. The van der Waals surface area contributed by atoms with Gasteiger partial charge >= 0.3 is 0 Å². The summed E-state index contributed by atoms with van der Waals surface area (Å²) < 4.78 is 34.9. The van der Waals surface area contributed by atoms with Crippen LogP contribution in [0.15, 0.2) is 10.7 Å². The maximum Gasteiger partial charge on any atom is 0.191 e. The number of ether oxygens (including phenoxy) is 2. The lowest BCUT2D eigenvalue weighted by Gasteiger charge is -2.40. The van der Waals surface area contributed by atoms with E-state index in [1.165, 1.54) is 0 Å². The molecule has 0 aromatic rings. The quantitative estimate of drug-likeness (QED) is 0.700. The molecule has 0 aliphatic carbocycles. The molecule has 20 heavy (non-hydrogen) atoms. The molecule has 0 saturated carbocycles. The van der Waals surface area contributed by atoms with E-state index < -0.39 is 15.0 Å². The Labute approximate surface area is 125 Å². The molecular weight excluding hydrogens is 304 g/mol. The van der Waals surface area contributed by atoms with E-state index in [1.54, 1.807) is 6.92 Å². The van der Waals surface area contributed by atoms with Crippen molar-refractivity contribution >= 4 is 21.4 Å². The number of hydrogen-bond acceptors (Lipinski definition) is 6.